The lowest BCUT2D eigenvalue weighted by Crippen LogP contribution is -2.17. The van der Waals surface area contributed by atoms with Crippen LogP contribution in [0.2, 0.25) is 0 Å². The van der Waals surface area contributed by atoms with Gasteiger partial charge in [-0.25, -0.2) is 0 Å². The molecule has 1 heterocycles. The van der Waals surface area contributed by atoms with Gasteiger partial charge in [-0.1, -0.05) is 34.1 Å². The van der Waals surface area contributed by atoms with Gasteiger partial charge in [0, 0.05) is 16.9 Å². The number of nitrogens with one attached hydrogen (secondary N) is 1. The van der Waals surface area contributed by atoms with E-state index in [4.69, 9.17) is 0 Å². The SMILES string of the molecule is CNC(c1cccnc1)c1ccc(C)c(Br)c1. The fourth-order valence-corrected chi connectivity index (χ4v) is 2.26. The summed E-state index contributed by atoms with van der Waals surface area (Å²) in [5.41, 5.74) is 3.65. The van der Waals surface area contributed by atoms with Crippen LogP contribution in [-0.2, 0) is 0 Å². The average molecular weight is 291 g/mol. The van der Waals surface area contributed by atoms with Crippen LogP contribution in [-0.4, -0.2) is 12.0 Å². The van der Waals surface area contributed by atoms with Gasteiger partial charge in [-0.05, 0) is 42.8 Å². The molecule has 0 bridgehead atoms. The molecule has 0 aliphatic heterocycles. The number of rotatable bonds is 3. The van der Waals surface area contributed by atoms with Crippen LogP contribution in [0.15, 0.2) is 47.2 Å². The van der Waals surface area contributed by atoms with E-state index in [-0.39, 0.29) is 6.04 Å². The van der Waals surface area contributed by atoms with Crippen LogP contribution in [0.4, 0.5) is 0 Å². The lowest BCUT2D eigenvalue weighted by Gasteiger charge is -2.17. The number of hydrogen-bond donors (Lipinski definition) is 1. The molecule has 0 amide bonds. The van der Waals surface area contributed by atoms with E-state index in [1.165, 1.54) is 16.7 Å². The fourth-order valence-electron chi connectivity index (χ4n) is 1.86. The molecule has 1 atom stereocenters. The topological polar surface area (TPSA) is 24.9 Å². The van der Waals surface area contributed by atoms with Crippen molar-refractivity contribution in [1.82, 2.24) is 10.3 Å². The highest BCUT2D eigenvalue weighted by Gasteiger charge is 2.12. The Morgan fingerprint density at radius 1 is 1.24 bits per heavy atom. The zero-order valence-corrected chi connectivity index (χ0v) is 11.5. The molecule has 1 N–H and O–H groups in total. The van der Waals surface area contributed by atoms with Crippen LogP contribution in [0.5, 0.6) is 0 Å². The third-order valence-corrected chi connectivity index (χ3v) is 3.69. The van der Waals surface area contributed by atoms with Gasteiger partial charge in [-0.3, -0.25) is 4.98 Å². The van der Waals surface area contributed by atoms with E-state index in [2.05, 4.69) is 57.4 Å². The lowest BCUT2D eigenvalue weighted by molar-refractivity contribution is 0.688. The number of halogens is 1. The molecule has 88 valence electrons. The number of hydrogen-bond acceptors (Lipinski definition) is 2. The molecule has 0 aliphatic rings. The number of pyridine rings is 1. The third kappa shape index (κ3) is 2.73. The zero-order chi connectivity index (χ0) is 12.3. The summed E-state index contributed by atoms with van der Waals surface area (Å²) in [5.74, 6) is 0. The summed E-state index contributed by atoms with van der Waals surface area (Å²) in [6.07, 6.45) is 3.69. The predicted molar refractivity (Wildman–Crippen MR) is 74.0 cm³/mol. The lowest BCUT2D eigenvalue weighted by atomic mass is 9.99. The van der Waals surface area contributed by atoms with Crippen molar-refractivity contribution in [3.05, 3.63) is 63.9 Å². The molecule has 0 radical (unpaired) electrons. The summed E-state index contributed by atoms with van der Waals surface area (Å²) in [4.78, 5) is 4.17. The number of aryl methyl sites for hydroxylation is 1. The predicted octanol–water partition coefficient (Wildman–Crippen LogP) is 3.46. The molecular weight excluding hydrogens is 276 g/mol. The molecule has 0 saturated carbocycles. The number of benzene rings is 1. The summed E-state index contributed by atoms with van der Waals surface area (Å²) in [6.45, 7) is 2.09. The van der Waals surface area contributed by atoms with E-state index in [9.17, 15) is 0 Å². The second-order valence-corrected chi connectivity index (χ2v) is 4.87. The quantitative estimate of drug-likeness (QED) is 0.936. The Bertz CT molecular complexity index is 497. The van der Waals surface area contributed by atoms with Crippen molar-refractivity contribution in [3.8, 4) is 0 Å². The molecule has 2 aromatic rings. The Labute approximate surface area is 110 Å². The normalized spacial score (nSPS) is 12.4. The van der Waals surface area contributed by atoms with Crippen molar-refractivity contribution in [2.75, 3.05) is 7.05 Å². The second-order valence-electron chi connectivity index (χ2n) is 4.02. The Morgan fingerprint density at radius 3 is 2.65 bits per heavy atom. The molecule has 0 fully saturated rings. The maximum atomic E-state index is 4.17. The molecular formula is C14H15BrN2. The van der Waals surface area contributed by atoms with Crippen LogP contribution < -0.4 is 5.32 Å². The van der Waals surface area contributed by atoms with Gasteiger partial charge in [-0.15, -0.1) is 0 Å². The van der Waals surface area contributed by atoms with Gasteiger partial charge in [0.1, 0.15) is 0 Å². The summed E-state index contributed by atoms with van der Waals surface area (Å²) < 4.78 is 1.14. The first-order valence-electron chi connectivity index (χ1n) is 5.55. The van der Waals surface area contributed by atoms with E-state index in [1.807, 2.05) is 19.3 Å². The van der Waals surface area contributed by atoms with E-state index < -0.39 is 0 Å². The smallest absolute Gasteiger partial charge is 0.0589 e. The second kappa shape index (κ2) is 5.43. The largest absolute Gasteiger partial charge is 0.309 e. The van der Waals surface area contributed by atoms with E-state index in [0.717, 1.165) is 4.47 Å². The molecule has 3 heteroatoms. The van der Waals surface area contributed by atoms with Gasteiger partial charge in [0.25, 0.3) is 0 Å². The van der Waals surface area contributed by atoms with E-state index in [1.54, 1.807) is 6.20 Å². The standard InChI is InChI=1S/C14H15BrN2/c1-10-5-6-11(8-13(10)15)14(16-2)12-4-3-7-17-9-12/h3-9,14,16H,1-2H3. The first kappa shape index (κ1) is 12.3. The van der Waals surface area contributed by atoms with E-state index >= 15 is 0 Å². The van der Waals surface area contributed by atoms with Crippen molar-refractivity contribution >= 4 is 15.9 Å². The van der Waals surface area contributed by atoms with Gasteiger partial charge in [0.15, 0.2) is 0 Å². The van der Waals surface area contributed by atoms with Crippen LogP contribution in [0.1, 0.15) is 22.7 Å². The number of nitrogens with zero attached hydrogens (tertiary/aromatic N) is 1. The Kier molecular flexibility index (Phi) is 3.92. The maximum Gasteiger partial charge on any atom is 0.0589 e. The molecule has 1 aromatic carbocycles. The van der Waals surface area contributed by atoms with Crippen molar-refractivity contribution in [2.24, 2.45) is 0 Å². The Hall–Kier alpha value is -1.19. The summed E-state index contributed by atoms with van der Waals surface area (Å²) >= 11 is 3.57. The number of aromatic nitrogens is 1. The average Bonchev–Trinajstić information content (AvgIpc) is 2.36. The summed E-state index contributed by atoms with van der Waals surface area (Å²) in [6, 6.07) is 10.7. The molecule has 2 nitrogen and oxygen atoms in total. The zero-order valence-electron chi connectivity index (χ0n) is 9.94. The first-order valence-corrected chi connectivity index (χ1v) is 6.35. The minimum atomic E-state index is 0.181. The Morgan fingerprint density at radius 2 is 2.06 bits per heavy atom. The van der Waals surface area contributed by atoms with Crippen LogP contribution >= 0.6 is 15.9 Å². The van der Waals surface area contributed by atoms with Gasteiger partial charge in [0.2, 0.25) is 0 Å². The van der Waals surface area contributed by atoms with Crippen LogP contribution in [0, 0.1) is 6.92 Å². The maximum absolute atomic E-state index is 4.17. The highest BCUT2D eigenvalue weighted by atomic mass is 79.9. The van der Waals surface area contributed by atoms with Gasteiger partial charge in [0.05, 0.1) is 6.04 Å². The van der Waals surface area contributed by atoms with E-state index in [0.29, 0.717) is 0 Å². The van der Waals surface area contributed by atoms with Crippen LogP contribution in [0.3, 0.4) is 0 Å². The van der Waals surface area contributed by atoms with Gasteiger partial charge >= 0.3 is 0 Å². The van der Waals surface area contributed by atoms with Crippen LogP contribution in [0.25, 0.3) is 0 Å². The molecule has 1 aromatic heterocycles. The summed E-state index contributed by atoms with van der Waals surface area (Å²) in [5, 5.41) is 3.32. The molecule has 0 aliphatic carbocycles. The first-order chi connectivity index (χ1) is 8.22. The van der Waals surface area contributed by atoms with Gasteiger partial charge < -0.3 is 5.32 Å². The molecule has 2 rings (SSSR count). The highest BCUT2D eigenvalue weighted by molar-refractivity contribution is 9.10. The minimum Gasteiger partial charge on any atom is -0.309 e. The third-order valence-electron chi connectivity index (χ3n) is 2.84. The van der Waals surface area contributed by atoms with Gasteiger partial charge in [-0.2, -0.15) is 0 Å². The summed E-state index contributed by atoms with van der Waals surface area (Å²) in [7, 11) is 1.96. The Balaban J connectivity index is 2.39. The monoisotopic (exact) mass is 290 g/mol. The molecule has 0 saturated heterocycles. The van der Waals surface area contributed by atoms with Crippen molar-refractivity contribution in [3.63, 3.8) is 0 Å². The fraction of sp³-hybridized carbons (Fsp3) is 0.214. The van der Waals surface area contributed by atoms with Crippen molar-refractivity contribution in [1.29, 1.82) is 0 Å². The molecule has 17 heavy (non-hydrogen) atoms. The molecule has 1 unspecified atom stereocenters. The molecule has 0 spiro atoms. The van der Waals surface area contributed by atoms with Crippen molar-refractivity contribution in [2.45, 2.75) is 13.0 Å². The van der Waals surface area contributed by atoms with Crippen molar-refractivity contribution < 1.29 is 0 Å². The minimum absolute atomic E-state index is 0.181. The highest BCUT2D eigenvalue weighted by Crippen LogP contribution is 2.25.